The van der Waals surface area contributed by atoms with Gasteiger partial charge in [0, 0.05) is 23.8 Å². The van der Waals surface area contributed by atoms with Crippen molar-refractivity contribution in [2.45, 2.75) is 12.8 Å². The Morgan fingerprint density at radius 1 is 1.39 bits per heavy atom. The second-order valence-electron chi connectivity index (χ2n) is 4.15. The van der Waals surface area contributed by atoms with Crippen LogP contribution < -0.4 is 11.1 Å². The molecule has 96 valence electrons. The van der Waals surface area contributed by atoms with Crippen molar-refractivity contribution in [2.75, 3.05) is 18.4 Å². The molecule has 0 aliphatic carbocycles. The minimum absolute atomic E-state index is 0.0154. The van der Waals surface area contributed by atoms with Crippen LogP contribution in [0.5, 0.6) is 0 Å². The van der Waals surface area contributed by atoms with Gasteiger partial charge in [-0.15, -0.1) is 0 Å². The number of hydrogen-bond donors (Lipinski definition) is 3. The lowest BCUT2D eigenvalue weighted by Crippen LogP contribution is -2.36. The summed E-state index contributed by atoms with van der Waals surface area (Å²) in [6, 6.07) is 7.14. The van der Waals surface area contributed by atoms with Crippen LogP contribution in [-0.4, -0.2) is 29.9 Å². The summed E-state index contributed by atoms with van der Waals surface area (Å²) in [5.74, 6) is 0.411. The molecule has 1 saturated heterocycles. The van der Waals surface area contributed by atoms with Crippen LogP contribution in [0, 0.1) is 5.41 Å². The Kier molecular flexibility index (Phi) is 4.04. The highest BCUT2D eigenvalue weighted by atomic mass is 35.5. The van der Waals surface area contributed by atoms with E-state index in [1.807, 2.05) is 17.0 Å². The van der Waals surface area contributed by atoms with Crippen molar-refractivity contribution in [3.8, 4) is 0 Å². The molecule has 1 aromatic carbocycles. The van der Waals surface area contributed by atoms with Crippen LogP contribution >= 0.6 is 11.6 Å². The summed E-state index contributed by atoms with van der Waals surface area (Å²) in [6.45, 7) is 1.83. The van der Waals surface area contributed by atoms with E-state index in [4.69, 9.17) is 22.7 Å². The highest BCUT2D eigenvalue weighted by Gasteiger charge is 2.13. The molecule has 0 aromatic heterocycles. The van der Waals surface area contributed by atoms with Gasteiger partial charge in [0.2, 0.25) is 5.96 Å². The first kappa shape index (κ1) is 12.7. The number of nitrogens with zero attached hydrogens (tertiary/aromatic N) is 2. The van der Waals surface area contributed by atoms with E-state index in [-0.39, 0.29) is 5.96 Å². The fourth-order valence-electron chi connectivity index (χ4n) is 1.86. The first-order chi connectivity index (χ1) is 8.65. The number of anilines is 1. The normalized spacial score (nSPS) is 15.8. The number of rotatable bonds is 1. The third-order valence-corrected chi connectivity index (χ3v) is 2.98. The maximum Gasteiger partial charge on any atom is 0.222 e. The van der Waals surface area contributed by atoms with Crippen LogP contribution in [0.2, 0.25) is 5.02 Å². The number of halogens is 1. The van der Waals surface area contributed by atoms with Gasteiger partial charge in [-0.25, -0.2) is 0 Å². The molecule has 0 radical (unpaired) electrons. The summed E-state index contributed by atoms with van der Waals surface area (Å²) in [4.78, 5) is 6.01. The average molecular weight is 266 g/mol. The van der Waals surface area contributed by atoms with Gasteiger partial charge < -0.3 is 16.0 Å². The third kappa shape index (κ3) is 3.37. The molecule has 0 saturated carbocycles. The fourth-order valence-corrected chi connectivity index (χ4v) is 2.05. The number of nitrogens with one attached hydrogen (secondary N) is 2. The van der Waals surface area contributed by atoms with Crippen LogP contribution in [0.15, 0.2) is 29.3 Å². The van der Waals surface area contributed by atoms with Gasteiger partial charge in [-0.2, -0.15) is 4.99 Å². The fraction of sp³-hybridized carbons (Fsp3) is 0.333. The molecule has 18 heavy (non-hydrogen) atoms. The number of aliphatic imine (C=N–C) groups is 1. The van der Waals surface area contributed by atoms with E-state index in [0.717, 1.165) is 31.6 Å². The number of nitrogens with two attached hydrogens (primary N) is 1. The second-order valence-corrected chi connectivity index (χ2v) is 4.58. The molecule has 1 aliphatic rings. The van der Waals surface area contributed by atoms with Gasteiger partial charge in [0.15, 0.2) is 5.96 Å². The molecule has 2 rings (SSSR count). The minimum atomic E-state index is 0.0154. The largest absolute Gasteiger partial charge is 0.369 e. The van der Waals surface area contributed by atoms with E-state index in [1.165, 1.54) is 0 Å². The molecule has 6 heteroatoms. The highest BCUT2D eigenvalue weighted by Crippen LogP contribution is 2.15. The monoisotopic (exact) mass is 265 g/mol. The van der Waals surface area contributed by atoms with Crippen molar-refractivity contribution in [1.82, 2.24) is 4.90 Å². The van der Waals surface area contributed by atoms with Crippen molar-refractivity contribution < 1.29 is 0 Å². The number of benzene rings is 1. The first-order valence-electron chi connectivity index (χ1n) is 5.85. The lowest BCUT2D eigenvalue weighted by molar-refractivity contribution is 0.514. The average Bonchev–Trinajstić information content (AvgIpc) is 2.81. The smallest absolute Gasteiger partial charge is 0.222 e. The molecule has 0 amide bonds. The van der Waals surface area contributed by atoms with Crippen molar-refractivity contribution in [3.05, 3.63) is 29.3 Å². The maximum atomic E-state index is 7.74. The van der Waals surface area contributed by atoms with E-state index in [1.54, 1.807) is 12.1 Å². The van der Waals surface area contributed by atoms with Crippen molar-refractivity contribution in [2.24, 2.45) is 10.7 Å². The molecule has 1 aliphatic heterocycles. The first-order valence-corrected chi connectivity index (χ1v) is 6.23. The van der Waals surface area contributed by atoms with Crippen molar-refractivity contribution in [1.29, 1.82) is 5.41 Å². The van der Waals surface area contributed by atoms with Gasteiger partial charge in [0.1, 0.15) is 0 Å². The zero-order valence-electron chi connectivity index (χ0n) is 9.99. The predicted octanol–water partition coefficient (Wildman–Crippen LogP) is 2.10. The molecular weight excluding hydrogens is 250 g/mol. The Morgan fingerprint density at radius 3 is 2.78 bits per heavy atom. The zero-order chi connectivity index (χ0) is 13.0. The van der Waals surface area contributed by atoms with Crippen LogP contribution in [0.25, 0.3) is 0 Å². The van der Waals surface area contributed by atoms with Crippen molar-refractivity contribution >= 4 is 29.2 Å². The summed E-state index contributed by atoms with van der Waals surface area (Å²) in [6.07, 6.45) is 2.26. The summed E-state index contributed by atoms with van der Waals surface area (Å²) < 4.78 is 0. The molecule has 0 bridgehead atoms. The van der Waals surface area contributed by atoms with Gasteiger partial charge >= 0.3 is 0 Å². The second kappa shape index (κ2) is 5.73. The minimum Gasteiger partial charge on any atom is -0.369 e. The molecule has 1 fully saturated rings. The number of hydrogen-bond acceptors (Lipinski definition) is 1. The molecule has 0 atom stereocenters. The third-order valence-electron chi connectivity index (χ3n) is 2.74. The van der Waals surface area contributed by atoms with E-state index < -0.39 is 0 Å². The van der Waals surface area contributed by atoms with Gasteiger partial charge in [-0.1, -0.05) is 17.7 Å². The SMILES string of the molecule is N=C(N=C(N)N1CCCC1)Nc1cccc(Cl)c1. The Hall–Kier alpha value is -1.75. The van der Waals surface area contributed by atoms with E-state index in [9.17, 15) is 0 Å². The van der Waals surface area contributed by atoms with Crippen LogP contribution in [0.4, 0.5) is 5.69 Å². The molecular formula is C12H16ClN5. The quantitative estimate of drug-likeness (QED) is 0.537. The molecule has 5 nitrogen and oxygen atoms in total. The van der Waals surface area contributed by atoms with Crippen molar-refractivity contribution in [3.63, 3.8) is 0 Å². The summed E-state index contributed by atoms with van der Waals surface area (Å²) in [5, 5.41) is 11.2. The Bertz CT molecular complexity index is 465. The summed E-state index contributed by atoms with van der Waals surface area (Å²) in [7, 11) is 0. The van der Waals surface area contributed by atoms with Crippen LogP contribution in [0.1, 0.15) is 12.8 Å². The van der Waals surface area contributed by atoms with Gasteiger partial charge in [-0.05, 0) is 31.0 Å². The van der Waals surface area contributed by atoms with Gasteiger partial charge in [0.05, 0.1) is 0 Å². The van der Waals surface area contributed by atoms with Crippen LogP contribution in [0.3, 0.4) is 0 Å². The van der Waals surface area contributed by atoms with Crippen LogP contribution in [-0.2, 0) is 0 Å². The van der Waals surface area contributed by atoms with Gasteiger partial charge in [0.25, 0.3) is 0 Å². The summed E-state index contributed by atoms with van der Waals surface area (Å²) >= 11 is 5.86. The van der Waals surface area contributed by atoms with E-state index in [2.05, 4.69) is 10.3 Å². The lowest BCUT2D eigenvalue weighted by Gasteiger charge is -2.15. The molecule has 0 spiro atoms. The maximum absolute atomic E-state index is 7.74. The zero-order valence-corrected chi connectivity index (χ0v) is 10.7. The Morgan fingerprint density at radius 2 is 2.11 bits per heavy atom. The number of likely N-dealkylation sites (tertiary alicyclic amines) is 1. The topological polar surface area (TPSA) is 77.5 Å². The lowest BCUT2D eigenvalue weighted by atomic mass is 10.3. The number of guanidine groups is 2. The standard InChI is InChI=1S/C12H16ClN5/c13-9-4-3-5-10(8-9)16-11(14)17-12(15)18-6-1-2-7-18/h3-5,8H,1-2,6-7H2,(H4,14,15,16,17). The van der Waals surface area contributed by atoms with E-state index >= 15 is 0 Å². The molecule has 1 heterocycles. The molecule has 0 unspecified atom stereocenters. The molecule has 1 aromatic rings. The Labute approximate surface area is 111 Å². The van der Waals surface area contributed by atoms with Gasteiger partial charge in [-0.3, -0.25) is 5.41 Å². The van der Waals surface area contributed by atoms with E-state index in [0.29, 0.717) is 11.0 Å². The predicted molar refractivity (Wildman–Crippen MR) is 75.2 cm³/mol. The highest BCUT2D eigenvalue weighted by molar-refractivity contribution is 6.30. The molecule has 4 N–H and O–H groups in total. The summed E-state index contributed by atoms with van der Waals surface area (Å²) in [5.41, 5.74) is 6.56. The Balaban J connectivity index is 1.97.